The summed E-state index contributed by atoms with van der Waals surface area (Å²) < 4.78 is 9.84. The van der Waals surface area contributed by atoms with Crippen LogP contribution < -0.4 is 16.6 Å². The van der Waals surface area contributed by atoms with Crippen LogP contribution in [0.4, 0.5) is 0 Å². The fraction of sp³-hybridized carbons (Fsp3) is 0.667. The van der Waals surface area contributed by atoms with Gasteiger partial charge in [0.15, 0.2) is 5.82 Å². The van der Waals surface area contributed by atoms with Crippen LogP contribution in [0.5, 0.6) is 0 Å². The monoisotopic (exact) mass is 242 g/mol. The van der Waals surface area contributed by atoms with Gasteiger partial charge >= 0.3 is 0 Å². The molecule has 17 heavy (non-hydrogen) atoms. The van der Waals surface area contributed by atoms with Crippen LogP contribution in [0.1, 0.15) is 11.7 Å². The van der Waals surface area contributed by atoms with Crippen LogP contribution in [-0.4, -0.2) is 42.9 Å². The molecule has 0 unspecified atom stereocenters. The summed E-state index contributed by atoms with van der Waals surface area (Å²) in [6.45, 7) is 3.48. The van der Waals surface area contributed by atoms with Gasteiger partial charge in [-0.25, -0.2) is 10.8 Å². The van der Waals surface area contributed by atoms with E-state index < -0.39 is 0 Å². The van der Waals surface area contributed by atoms with Gasteiger partial charge in [0.05, 0.1) is 13.2 Å². The minimum Gasteiger partial charge on any atom is -0.383 e. The maximum absolute atomic E-state index is 5.30. The molecule has 0 spiro atoms. The van der Waals surface area contributed by atoms with Crippen molar-refractivity contribution in [2.75, 3.05) is 26.8 Å². The van der Waals surface area contributed by atoms with Crippen molar-refractivity contribution in [3.05, 3.63) is 11.7 Å². The molecule has 0 aliphatic rings. The highest BCUT2D eigenvalue weighted by atomic mass is 16.5. The predicted molar refractivity (Wildman–Crippen MR) is 62.2 cm³/mol. The molecule has 1 aromatic heterocycles. The van der Waals surface area contributed by atoms with E-state index in [0.29, 0.717) is 43.8 Å². The Bertz CT molecular complexity index is 351. The quantitative estimate of drug-likeness (QED) is 0.192. The highest BCUT2D eigenvalue weighted by molar-refractivity contribution is 5.79. The topological polar surface area (TPSA) is 111 Å². The number of ether oxygens (including phenoxy) is 1. The molecule has 0 amide bonds. The van der Waals surface area contributed by atoms with Crippen molar-refractivity contribution < 1.29 is 9.26 Å². The van der Waals surface area contributed by atoms with E-state index in [1.807, 2.05) is 0 Å². The molecule has 1 aromatic rings. The Morgan fingerprint density at radius 2 is 2.41 bits per heavy atom. The number of nitrogens with one attached hydrogen (secondary N) is 2. The van der Waals surface area contributed by atoms with E-state index in [2.05, 4.69) is 25.9 Å². The van der Waals surface area contributed by atoms with Crippen molar-refractivity contribution in [2.45, 2.75) is 13.3 Å². The first-order valence-corrected chi connectivity index (χ1v) is 5.29. The molecule has 96 valence electrons. The third kappa shape index (κ3) is 5.27. The average Bonchev–Trinajstić information content (AvgIpc) is 2.73. The maximum Gasteiger partial charge on any atom is 0.228 e. The lowest BCUT2D eigenvalue weighted by atomic mass is 10.4. The standard InChI is InChI=1S/C9H18N6O2/c1-7-13-8(17-15-7)3-4-11-9(14-10)12-5-6-16-2/h3-6,10H2,1-2H3,(H2,11,12,14). The Balaban J connectivity index is 2.25. The van der Waals surface area contributed by atoms with E-state index in [0.717, 1.165) is 0 Å². The first-order valence-electron chi connectivity index (χ1n) is 5.29. The maximum atomic E-state index is 5.30. The van der Waals surface area contributed by atoms with Gasteiger partial charge in [0, 0.05) is 20.1 Å². The minimum absolute atomic E-state index is 0.512. The molecule has 0 saturated heterocycles. The zero-order valence-corrected chi connectivity index (χ0v) is 10.1. The SMILES string of the molecule is COCCN=C(NN)NCCc1nc(C)no1. The van der Waals surface area contributed by atoms with E-state index in [1.165, 1.54) is 0 Å². The molecule has 4 N–H and O–H groups in total. The summed E-state index contributed by atoms with van der Waals surface area (Å²) in [6, 6.07) is 0. The number of hydrazine groups is 1. The second-order valence-corrected chi connectivity index (χ2v) is 3.28. The molecule has 8 heteroatoms. The van der Waals surface area contributed by atoms with Crippen molar-refractivity contribution in [3.8, 4) is 0 Å². The lowest BCUT2D eigenvalue weighted by Crippen LogP contribution is -2.42. The van der Waals surface area contributed by atoms with Crippen molar-refractivity contribution in [3.63, 3.8) is 0 Å². The van der Waals surface area contributed by atoms with Gasteiger partial charge < -0.3 is 14.6 Å². The summed E-state index contributed by atoms with van der Waals surface area (Å²) in [5.41, 5.74) is 2.47. The minimum atomic E-state index is 0.512. The number of hydrogen-bond acceptors (Lipinski definition) is 6. The van der Waals surface area contributed by atoms with Crippen molar-refractivity contribution >= 4 is 5.96 Å². The van der Waals surface area contributed by atoms with Crippen LogP contribution in [0, 0.1) is 6.92 Å². The van der Waals surface area contributed by atoms with Gasteiger partial charge in [-0.05, 0) is 6.92 Å². The summed E-state index contributed by atoms with van der Waals surface area (Å²) in [4.78, 5) is 8.23. The third-order valence-corrected chi connectivity index (χ3v) is 1.90. The Labute approximate surface area is 99.6 Å². The molecule has 0 atom stereocenters. The van der Waals surface area contributed by atoms with Crippen molar-refractivity contribution in [1.29, 1.82) is 0 Å². The summed E-state index contributed by atoms with van der Waals surface area (Å²) >= 11 is 0. The van der Waals surface area contributed by atoms with E-state index in [1.54, 1.807) is 14.0 Å². The van der Waals surface area contributed by atoms with Gasteiger partial charge in [0.1, 0.15) is 0 Å². The Morgan fingerprint density at radius 1 is 1.59 bits per heavy atom. The number of aliphatic imine (C=N–C) groups is 1. The van der Waals surface area contributed by atoms with Gasteiger partial charge in [-0.15, -0.1) is 0 Å². The zero-order chi connectivity index (χ0) is 12.5. The van der Waals surface area contributed by atoms with Gasteiger partial charge in [-0.3, -0.25) is 5.43 Å². The highest BCUT2D eigenvalue weighted by Crippen LogP contribution is 1.95. The summed E-state index contributed by atoms with van der Waals surface area (Å²) in [6.07, 6.45) is 0.617. The first kappa shape index (κ1) is 13.4. The number of hydrogen-bond donors (Lipinski definition) is 3. The van der Waals surface area contributed by atoms with Crippen LogP contribution in [-0.2, 0) is 11.2 Å². The second kappa shape index (κ2) is 7.58. The van der Waals surface area contributed by atoms with Gasteiger partial charge in [-0.2, -0.15) is 4.98 Å². The smallest absolute Gasteiger partial charge is 0.228 e. The normalized spacial score (nSPS) is 11.6. The van der Waals surface area contributed by atoms with Crippen LogP contribution in [0.25, 0.3) is 0 Å². The second-order valence-electron chi connectivity index (χ2n) is 3.28. The Kier molecular flexibility index (Phi) is 5.97. The van der Waals surface area contributed by atoms with E-state index >= 15 is 0 Å². The Hall–Kier alpha value is -1.67. The van der Waals surface area contributed by atoms with Crippen molar-refractivity contribution in [1.82, 2.24) is 20.9 Å². The number of nitrogens with two attached hydrogens (primary N) is 1. The number of nitrogens with zero attached hydrogens (tertiary/aromatic N) is 3. The molecular formula is C9H18N6O2. The molecule has 8 nitrogen and oxygen atoms in total. The lowest BCUT2D eigenvalue weighted by Gasteiger charge is -2.07. The van der Waals surface area contributed by atoms with Gasteiger partial charge in [0.2, 0.25) is 11.9 Å². The number of aromatic nitrogens is 2. The number of guanidine groups is 1. The summed E-state index contributed by atoms with van der Waals surface area (Å²) in [7, 11) is 1.62. The summed E-state index contributed by atoms with van der Waals surface area (Å²) in [5, 5.41) is 6.71. The molecule has 0 radical (unpaired) electrons. The zero-order valence-electron chi connectivity index (χ0n) is 10.1. The van der Waals surface area contributed by atoms with Crippen LogP contribution >= 0.6 is 0 Å². The molecule has 0 saturated carbocycles. The average molecular weight is 242 g/mol. The molecule has 0 aliphatic carbocycles. The fourth-order valence-corrected chi connectivity index (χ4v) is 1.13. The first-order chi connectivity index (χ1) is 8.26. The van der Waals surface area contributed by atoms with Crippen LogP contribution in [0.15, 0.2) is 9.52 Å². The Morgan fingerprint density at radius 3 is 3.00 bits per heavy atom. The molecule has 0 bridgehead atoms. The van der Waals surface area contributed by atoms with Gasteiger partial charge in [-0.1, -0.05) is 5.16 Å². The predicted octanol–water partition coefficient (Wildman–Crippen LogP) is -1.02. The lowest BCUT2D eigenvalue weighted by molar-refractivity contribution is 0.208. The van der Waals surface area contributed by atoms with Crippen LogP contribution in [0.2, 0.25) is 0 Å². The fourth-order valence-electron chi connectivity index (χ4n) is 1.13. The molecule has 1 heterocycles. The molecule has 0 fully saturated rings. The van der Waals surface area contributed by atoms with E-state index in [-0.39, 0.29) is 0 Å². The highest BCUT2D eigenvalue weighted by Gasteiger charge is 2.02. The third-order valence-electron chi connectivity index (χ3n) is 1.90. The van der Waals surface area contributed by atoms with Crippen molar-refractivity contribution in [2.24, 2.45) is 10.8 Å². The van der Waals surface area contributed by atoms with Crippen LogP contribution in [0.3, 0.4) is 0 Å². The van der Waals surface area contributed by atoms with Gasteiger partial charge in [0.25, 0.3) is 0 Å². The number of aryl methyl sites for hydroxylation is 1. The molecule has 0 aliphatic heterocycles. The summed E-state index contributed by atoms with van der Waals surface area (Å²) in [5.74, 6) is 7.03. The molecule has 0 aromatic carbocycles. The largest absolute Gasteiger partial charge is 0.383 e. The number of methoxy groups -OCH3 is 1. The number of rotatable bonds is 6. The molecule has 1 rings (SSSR count). The van der Waals surface area contributed by atoms with E-state index in [9.17, 15) is 0 Å². The molecular weight excluding hydrogens is 224 g/mol. The van der Waals surface area contributed by atoms with E-state index in [4.69, 9.17) is 15.1 Å².